The Bertz CT molecular complexity index is 532. The zero-order chi connectivity index (χ0) is 13.1. The molecule has 0 atom stereocenters. The first-order valence-electron chi connectivity index (χ1n) is 5.95. The van der Waals surface area contributed by atoms with Crippen LogP contribution in [-0.2, 0) is 19.6 Å². The van der Waals surface area contributed by atoms with E-state index in [1.165, 1.54) is 4.88 Å². The maximum Gasteiger partial charge on any atom is 0.0897 e. The normalized spacial score (nSPS) is 11.1. The average molecular weight is 285 g/mol. The highest BCUT2D eigenvalue weighted by molar-refractivity contribution is 7.11. The summed E-state index contributed by atoms with van der Waals surface area (Å²) in [5, 5.41) is 9.64. The second-order valence-electron chi connectivity index (χ2n) is 4.11. The minimum absolute atomic E-state index is 0.727. The van der Waals surface area contributed by atoms with E-state index in [1.54, 1.807) is 11.3 Å². The lowest BCUT2D eigenvalue weighted by Gasteiger charge is -2.06. The maximum absolute atomic E-state index is 6.25. The van der Waals surface area contributed by atoms with Gasteiger partial charge in [-0.05, 0) is 20.8 Å². The van der Waals surface area contributed by atoms with E-state index in [4.69, 9.17) is 11.6 Å². The monoisotopic (exact) mass is 284 g/mol. The van der Waals surface area contributed by atoms with Crippen molar-refractivity contribution < 1.29 is 0 Å². The summed E-state index contributed by atoms with van der Waals surface area (Å²) in [6.07, 6.45) is 1.91. The number of halogens is 1. The average Bonchev–Trinajstić information content (AvgIpc) is 2.87. The van der Waals surface area contributed by atoms with Crippen molar-refractivity contribution in [3.8, 4) is 0 Å². The number of rotatable bonds is 5. The van der Waals surface area contributed by atoms with E-state index in [1.807, 2.05) is 24.7 Å². The predicted octanol–water partition coefficient (Wildman–Crippen LogP) is 2.92. The minimum Gasteiger partial charge on any atom is -0.306 e. The third-order valence-corrected chi connectivity index (χ3v) is 4.12. The van der Waals surface area contributed by atoms with E-state index in [2.05, 4.69) is 22.3 Å². The van der Waals surface area contributed by atoms with Gasteiger partial charge in [-0.15, -0.1) is 11.3 Å². The van der Waals surface area contributed by atoms with Gasteiger partial charge in [0.25, 0.3) is 0 Å². The van der Waals surface area contributed by atoms with Crippen LogP contribution in [0.25, 0.3) is 0 Å². The van der Waals surface area contributed by atoms with E-state index >= 15 is 0 Å². The number of nitrogens with one attached hydrogen (secondary N) is 1. The topological polar surface area (TPSA) is 42.7 Å². The Hall–Kier alpha value is -0.910. The van der Waals surface area contributed by atoms with Crippen molar-refractivity contribution in [2.75, 3.05) is 0 Å². The first-order chi connectivity index (χ1) is 8.61. The first-order valence-corrected chi connectivity index (χ1v) is 7.15. The SMILES string of the molecule is CCn1nc(C)c(Cl)c1CNCc1cnc(C)s1. The van der Waals surface area contributed by atoms with Gasteiger partial charge in [-0.2, -0.15) is 5.10 Å². The van der Waals surface area contributed by atoms with Gasteiger partial charge < -0.3 is 5.32 Å². The second-order valence-corrected chi connectivity index (χ2v) is 5.81. The molecule has 2 rings (SSSR count). The predicted molar refractivity (Wildman–Crippen MR) is 75.0 cm³/mol. The second kappa shape index (κ2) is 5.82. The number of aromatic nitrogens is 3. The van der Waals surface area contributed by atoms with Gasteiger partial charge in [-0.3, -0.25) is 4.68 Å². The molecule has 2 heterocycles. The Morgan fingerprint density at radius 1 is 1.39 bits per heavy atom. The molecule has 0 bridgehead atoms. The number of hydrogen-bond donors (Lipinski definition) is 1. The summed E-state index contributed by atoms with van der Waals surface area (Å²) in [7, 11) is 0. The van der Waals surface area contributed by atoms with E-state index in [0.717, 1.165) is 41.1 Å². The fourth-order valence-corrected chi connectivity index (χ4v) is 2.80. The number of hydrogen-bond acceptors (Lipinski definition) is 4. The highest BCUT2D eigenvalue weighted by Gasteiger charge is 2.11. The van der Waals surface area contributed by atoms with E-state index < -0.39 is 0 Å². The number of nitrogens with zero attached hydrogens (tertiary/aromatic N) is 3. The molecule has 0 spiro atoms. The molecule has 0 aliphatic carbocycles. The Morgan fingerprint density at radius 3 is 2.78 bits per heavy atom. The van der Waals surface area contributed by atoms with Crippen molar-refractivity contribution >= 4 is 22.9 Å². The van der Waals surface area contributed by atoms with Crippen molar-refractivity contribution in [3.63, 3.8) is 0 Å². The zero-order valence-electron chi connectivity index (χ0n) is 10.8. The molecular weight excluding hydrogens is 268 g/mol. The highest BCUT2D eigenvalue weighted by Crippen LogP contribution is 2.20. The van der Waals surface area contributed by atoms with Gasteiger partial charge in [0.2, 0.25) is 0 Å². The molecule has 0 saturated heterocycles. The molecule has 98 valence electrons. The van der Waals surface area contributed by atoms with Gasteiger partial charge in [-0.1, -0.05) is 11.6 Å². The molecule has 18 heavy (non-hydrogen) atoms. The standard InChI is InChI=1S/C12H17ClN4S/c1-4-17-11(12(13)8(2)16-17)7-14-5-10-6-15-9(3)18-10/h6,14H,4-5,7H2,1-3H3. The third-order valence-electron chi connectivity index (χ3n) is 2.71. The van der Waals surface area contributed by atoms with E-state index in [0.29, 0.717) is 0 Å². The summed E-state index contributed by atoms with van der Waals surface area (Å²) in [5.74, 6) is 0. The van der Waals surface area contributed by atoms with Crippen molar-refractivity contribution in [2.45, 2.75) is 40.4 Å². The van der Waals surface area contributed by atoms with Crippen LogP contribution in [0.1, 0.15) is 28.2 Å². The molecule has 2 aromatic rings. The molecule has 0 unspecified atom stereocenters. The molecule has 0 amide bonds. The lowest BCUT2D eigenvalue weighted by molar-refractivity contribution is 0.580. The van der Waals surface area contributed by atoms with E-state index in [9.17, 15) is 0 Å². The third kappa shape index (κ3) is 2.91. The van der Waals surface area contributed by atoms with Gasteiger partial charge in [-0.25, -0.2) is 4.98 Å². The quantitative estimate of drug-likeness (QED) is 0.918. The Balaban J connectivity index is 1.98. The van der Waals surface area contributed by atoms with Crippen LogP contribution >= 0.6 is 22.9 Å². The van der Waals surface area contributed by atoms with Gasteiger partial charge in [0.1, 0.15) is 0 Å². The van der Waals surface area contributed by atoms with Crippen LogP contribution in [0.3, 0.4) is 0 Å². The van der Waals surface area contributed by atoms with Crippen molar-refractivity contribution in [2.24, 2.45) is 0 Å². The Kier molecular flexibility index (Phi) is 4.37. The lowest BCUT2D eigenvalue weighted by Crippen LogP contribution is -2.15. The number of aryl methyl sites for hydroxylation is 3. The van der Waals surface area contributed by atoms with Crippen molar-refractivity contribution in [3.05, 3.63) is 32.5 Å². The van der Waals surface area contributed by atoms with E-state index in [-0.39, 0.29) is 0 Å². The van der Waals surface area contributed by atoms with Crippen LogP contribution in [0.4, 0.5) is 0 Å². The van der Waals surface area contributed by atoms with Gasteiger partial charge in [0, 0.05) is 30.7 Å². The molecule has 0 fully saturated rings. The zero-order valence-corrected chi connectivity index (χ0v) is 12.4. The molecule has 0 aliphatic heterocycles. The number of thiazole rings is 1. The fourth-order valence-electron chi connectivity index (χ4n) is 1.83. The van der Waals surface area contributed by atoms with Gasteiger partial charge in [0.15, 0.2) is 0 Å². The summed E-state index contributed by atoms with van der Waals surface area (Å²) in [4.78, 5) is 5.47. The fraction of sp³-hybridized carbons (Fsp3) is 0.500. The highest BCUT2D eigenvalue weighted by atomic mass is 35.5. The van der Waals surface area contributed by atoms with Crippen molar-refractivity contribution in [1.82, 2.24) is 20.1 Å². The van der Waals surface area contributed by atoms with Crippen LogP contribution in [0.15, 0.2) is 6.20 Å². The molecule has 1 N–H and O–H groups in total. The molecule has 2 aromatic heterocycles. The molecule has 6 heteroatoms. The Morgan fingerprint density at radius 2 is 2.17 bits per heavy atom. The summed E-state index contributed by atoms with van der Waals surface area (Å²) >= 11 is 7.96. The van der Waals surface area contributed by atoms with Crippen LogP contribution in [-0.4, -0.2) is 14.8 Å². The molecular formula is C12H17ClN4S. The van der Waals surface area contributed by atoms with Gasteiger partial charge >= 0.3 is 0 Å². The van der Waals surface area contributed by atoms with Gasteiger partial charge in [0.05, 0.1) is 21.4 Å². The summed E-state index contributed by atoms with van der Waals surface area (Å²) < 4.78 is 1.95. The molecule has 0 aromatic carbocycles. The molecule has 0 radical (unpaired) electrons. The Labute approximate surface area is 116 Å². The largest absolute Gasteiger partial charge is 0.306 e. The molecule has 0 saturated carbocycles. The maximum atomic E-state index is 6.25. The van der Waals surface area contributed by atoms with Crippen LogP contribution < -0.4 is 5.32 Å². The minimum atomic E-state index is 0.727. The van der Waals surface area contributed by atoms with Crippen LogP contribution in [0, 0.1) is 13.8 Å². The first kappa shape index (κ1) is 13.5. The summed E-state index contributed by atoms with van der Waals surface area (Å²) in [5.41, 5.74) is 1.95. The van der Waals surface area contributed by atoms with Crippen molar-refractivity contribution in [1.29, 1.82) is 0 Å². The lowest BCUT2D eigenvalue weighted by atomic mass is 10.3. The molecule has 4 nitrogen and oxygen atoms in total. The van der Waals surface area contributed by atoms with Crippen LogP contribution in [0.5, 0.6) is 0 Å². The van der Waals surface area contributed by atoms with Crippen LogP contribution in [0.2, 0.25) is 5.02 Å². The summed E-state index contributed by atoms with van der Waals surface area (Å²) in [6, 6.07) is 0. The summed E-state index contributed by atoms with van der Waals surface area (Å²) in [6.45, 7) is 8.40. The smallest absolute Gasteiger partial charge is 0.0897 e. The molecule has 0 aliphatic rings.